The van der Waals surface area contributed by atoms with Gasteiger partial charge in [-0.15, -0.1) is 0 Å². The van der Waals surface area contributed by atoms with Crippen molar-refractivity contribution in [1.82, 2.24) is 40.1 Å². The zero-order valence-corrected chi connectivity index (χ0v) is 15.6. The lowest BCUT2D eigenvalue weighted by Crippen LogP contribution is -1.86. The standard InChI is InChI=1S/C22H14N8/c1-2-13(8-23-4-1)15-3-5-26-22-16(15)6-19(28-22)21-17-7-18(14-9-24-12-25-10-14)27-11-20(17)29-30-21/h1-12H,(H,26,28)(H,29,30). The van der Waals surface area contributed by atoms with E-state index in [2.05, 4.69) is 46.2 Å². The van der Waals surface area contributed by atoms with Crippen LogP contribution in [-0.2, 0) is 0 Å². The molecule has 30 heavy (non-hydrogen) atoms. The Kier molecular flexibility index (Phi) is 3.60. The van der Waals surface area contributed by atoms with E-state index in [1.54, 1.807) is 31.0 Å². The highest BCUT2D eigenvalue weighted by atomic mass is 15.1. The lowest BCUT2D eigenvalue weighted by molar-refractivity contribution is 1.11. The summed E-state index contributed by atoms with van der Waals surface area (Å²) < 4.78 is 0. The number of hydrogen-bond acceptors (Lipinski definition) is 6. The number of rotatable bonds is 3. The maximum absolute atomic E-state index is 4.53. The number of nitrogens with zero attached hydrogens (tertiary/aromatic N) is 6. The highest BCUT2D eigenvalue weighted by Crippen LogP contribution is 2.33. The van der Waals surface area contributed by atoms with Gasteiger partial charge in [0, 0.05) is 52.9 Å². The topological polar surface area (TPSA) is 109 Å². The molecule has 0 atom stereocenters. The molecule has 0 saturated heterocycles. The fourth-order valence-corrected chi connectivity index (χ4v) is 3.64. The predicted octanol–water partition coefficient (Wildman–Crippen LogP) is 4.02. The number of aromatic nitrogens is 8. The summed E-state index contributed by atoms with van der Waals surface area (Å²) >= 11 is 0. The van der Waals surface area contributed by atoms with Gasteiger partial charge in [0.2, 0.25) is 0 Å². The molecule has 0 amide bonds. The van der Waals surface area contributed by atoms with Gasteiger partial charge in [0.1, 0.15) is 17.7 Å². The Labute approximate surface area is 170 Å². The fraction of sp³-hybridized carbons (Fsp3) is 0. The molecule has 6 heterocycles. The highest BCUT2D eigenvalue weighted by Gasteiger charge is 2.15. The van der Waals surface area contributed by atoms with E-state index in [1.165, 1.54) is 6.33 Å². The minimum absolute atomic E-state index is 0.788. The Balaban J connectivity index is 1.52. The van der Waals surface area contributed by atoms with Gasteiger partial charge in [0.25, 0.3) is 0 Å². The normalized spacial score (nSPS) is 11.3. The van der Waals surface area contributed by atoms with Crippen molar-refractivity contribution in [2.75, 3.05) is 0 Å². The van der Waals surface area contributed by atoms with Crippen LogP contribution < -0.4 is 0 Å². The summed E-state index contributed by atoms with van der Waals surface area (Å²) in [6.45, 7) is 0. The average molecular weight is 390 g/mol. The molecule has 0 unspecified atom stereocenters. The molecule has 0 saturated carbocycles. The molecule has 142 valence electrons. The predicted molar refractivity (Wildman–Crippen MR) is 113 cm³/mol. The third-order valence-corrected chi connectivity index (χ3v) is 5.06. The van der Waals surface area contributed by atoms with Crippen LogP contribution in [0.25, 0.3) is 55.7 Å². The van der Waals surface area contributed by atoms with Crippen LogP contribution >= 0.6 is 0 Å². The van der Waals surface area contributed by atoms with E-state index in [9.17, 15) is 0 Å². The van der Waals surface area contributed by atoms with Crippen molar-refractivity contribution in [3.05, 3.63) is 73.8 Å². The molecule has 6 rings (SSSR count). The maximum Gasteiger partial charge on any atom is 0.138 e. The lowest BCUT2D eigenvalue weighted by atomic mass is 10.1. The molecule has 8 nitrogen and oxygen atoms in total. The van der Waals surface area contributed by atoms with E-state index in [1.807, 2.05) is 30.5 Å². The lowest BCUT2D eigenvalue weighted by Gasteiger charge is -2.01. The van der Waals surface area contributed by atoms with E-state index in [0.29, 0.717) is 0 Å². The second kappa shape index (κ2) is 6.56. The molecule has 0 spiro atoms. The van der Waals surface area contributed by atoms with Gasteiger partial charge in [-0.25, -0.2) is 15.0 Å². The second-order valence-electron chi connectivity index (χ2n) is 6.86. The van der Waals surface area contributed by atoms with Crippen LogP contribution in [0.1, 0.15) is 0 Å². The van der Waals surface area contributed by atoms with Crippen molar-refractivity contribution in [2.24, 2.45) is 0 Å². The molecule has 0 aliphatic heterocycles. The van der Waals surface area contributed by atoms with E-state index in [0.717, 1.165) is 55.7 Å². The van der Waals surface area contributed by atoms with E-state index in [-0.39, 0.29) is 0 Å². The first-order valence-corrected chi connectivity index (χ1v) is 9.35. The van der Waals surface area contributed by atoms with Gasteiger partial charge in [-0.05, 0) is 29.8 Å². The summed E-state index contributed by atoms with van der Waals surface area (Å²) in [7, 11) is 0. The maximum atomic E-state index is 4.53. The number of nitrogens with one attached hydrogen (secondary N) is 2. The Morgan fingerprint density at radius 2 is 1.67 bits per heavy atom. The van der Waals surface area contributed by atoms with E-state index < -0.39 is 0 Å². The van der Waals surface area contributed by atoms with Gasteiger partial charge in [0.15, 0.2) is 0 Å². The summed E-state index contributed by atoms with van der Waals surface area (Å²) in [4.78, 5) is 24.8. The smallest absolute Gasteiger partial charge is 0.138 e. The Morgan fingerprint density at radius 1 is 0.767 bits per heavy atom. The first kappa shape index (κ1) is 16.5. The van der Waals surface area contributed by atoms with Crippen molar-refractivity contribution >= 4 is 21.9 Å². The van der Waals surface area contributed by atoms with Gasteiger partial charge >= 0.3 is 0 Å². The summed E-state index contributed by atoms with van der Waals surface area (Å²) in [6, 6.07) is 10.0. The third-order valence-electron chi connectivity index (χ3n) is 5.06. The van der Waals surface area contributed by atoms with E-state index in [4.69, 9.17) is 0 Å². The SMILES string of the molecule is c1cncc(-c2ccnc3[nH]c(-c4n[nH]c5cnc(-c6cncnc6)cc45)cc23)c1. The second-order valence-corrected chi connectivity index (χ2v) is 6.86. The fourth-order valence-electron chi connectivity index (χ4n) is 3.64. The average Bonchev–Trinajstić information content (AvgIpc) is 3.43. The van der Waals surface area contributed by atoms with Gasteiger partial charge < -0.3 is 4.98 Å². The van der Waals surface area contributed by atoms with Gasteiger partial charge in [0.05, 0.1) is 23.1 Å². The molecular formula is C22H14N8. The van der Waals surface area contributed by atoms with Crippen LogP contribution in [-0.4, -0.2) is 40.1 Å². The van der Waals surface area contributed by atoms with E-state index >= 15 is 0 Å². The van der Waals surface area contributed by atoms with Gasteiger partial charge in [-0.3, -0.25) is 15.1 Å². The zero-order chi connectivity index (χ0) is 19.9. The number of H-pyrrole nitrogens is 2. The Bertz CT molecular complexity index is 1490. The van der Waals surface area contributed by atoms with Crippen LogP contribution in [0.5, 0.6) is 0 Å². The Morgan fingerprint density at radius 3 is 2.53 bits per heavy atom. The monoisotopic (exact) mass is 390 g/mol. The first-order valence-electron chi connectivity index (χ1n) is 9.35. The van der Waals surface area contributed by atoms with Gasteiger partial charge in [-0.1, -0.05) is 6.07 Å². The number of aromatic amines is 2. The van der Waals surface area contributed by atoms with Crippen molar-refractivity contribution in [3.63, 3.8) is 0 Å². The quantitative estimate of drug-likeness (QED) is 0.472. The molecule has 0 fully saturated rings. The van der Waals surface area contributed by atoms with Crippen LogP contribution in [0.4, 0.5) is 0 Å². The van der Waals surface area contributed by atoms with Gasteiger partial charge in [-0.2, -0.15) is 5.10 Å². The third kappa shape index (κ3) is 2.62. The molecule has 0 aliphatic rings. The van der Waals surface area contributed by atoms with Crippen molar-refractivity contribution < 1.29 is 0 Å². The molecule has 2 N–H and O–H groups in total. The van der Waals surface area contributed by atoms with Crippen LogP contribution in [0.3, 0.4) is 0 Å². The molecular weight excluding hydrogens is 376 g/mol. The molecule has 0 bridgehead atoms. The summed E-state index contributed by atoms with van der Waals surface area (Å²) in [5, 5.41) is 9.57. The van der Waals surface area contributed by atoms with Crippen LogP contribution in [0.15, 0.2) is 73.8 Å². The molecule has 8 heteroatoms. The van der Waals surface area contributed by atoms with Crippen molar-refractivity contribution in [1.29, 1.82) is 0 Å². The molecule has 6 aromatic heterocycles. The zero-order valence-electron chi connectivity index (χ0n) is 15.6. The molecule has 6 aromatic rings. The first-order chi connectivity index (χ1) is 14.9. The summed E-state index contributed by atoms with van der Waals surface area (Å²) in [6.07, 6.45) is 12.2. The number of pyridine rings is 3. The van der Waals surface area contributed by atoms with Crippen molar-refractivity contribution in [3.8, 4) is 33.8 Å². The van der Waals surface area contributed by atoms with Crippen LogP contribution in [0.2, 0.25) is 0 Å². The largest absolute Gasteiger partial charge is 0.338 e. The molecule has 0 aromatic carbocycles. The molecule has 0 radical (unpaired) electrons. The minimum atomic E-state index is 0.788. The van der Waals surface area contributed by atoms with Crippen LogP contribution in [0, 0.1) is 0 Å². The number of hydrogen-bond donors (Lipinski definition) is 2. The highest BCUT2D eigenvalue weighted by molar-refractivity contribution is 6.00. The Hall–Kier alpha value is -4.46. The summed E-state index contributed by atoms with van der Waals surface area (Å²) in [5.41, 5.74) is 7.08. The minimum Gasteiger partial charge on any atom is -0.338 e. The van der Waals surface area contributed by atoms with Crippen molar-refractivity contribution in [2.45, 2.75) is 0 Å². The number of fused-ring (bicyclic) bond motifs is 2. The molecule has 0 aliphatic carbocycles. The summed E-state index contributed by atoms with van der Waals surface area (Å²) in [5.74, 6) is 0.